The van der Waals surface area contributed by atoms with E-state index in [4.69, 9.17) is 5.73 Å². The monoisotopic (exact) mass is 345 g/mol. The highest BCUT2D eigenvalue weighted by Gasteiger charge is 2.65. The van der Waals surface area contributed by atoms with E-state index in [-0.39, 0.29) is 17.8 Å². The predicted octanol–water partition coefficient (Wildman–Crippen LogP) is 4.65. The molecule has 22 heavy (non-hydrogen) atoms. The number of anilines is 1. The van der Waals surface area contributed by atoms with Crippen molar-refractivity contribution in [1.29, 1.82) is 0 Å². The quantitative estimate of drug-likeness (QED) is 0.767. The van der Waals surface area contributed by atoms with Gasteiger partial charge >= 0.3 is 16.3 Å². The van der Waals surface area contributed by atoms with Crippen LogP contribution in [-0.2, 0) is 0 Å². The molecule has 1 aromatic rings. The maximum Gasteiger partial charge on any atom is 0.323 e. The van der Waals surface area contributed by atoms with Crippen LogP contribution in [0.1, 0.15) is 19.3 Å². The average molecular weight is 345 g/mol. The van der Waals surface area contributed by atoms with Gasteiger partial charge in [-0.25, -0.2) is 4.79 Å². The summed E-state index contributed by atoms with van der Waals surface area (Å²) >= 11 is 0. The SMILES string of the molecule is NC1CCCCN1C(=O)Nc1cccc(S(F)(F)(F)(F)F)c1. The number of piperidine rings is 1. The van der Waals surface area contributed by atoms with Crippen molar-refractivity contribution < 1.29 is 24.2 Å². The lowest BCUT2D eigenvalue weighted by Crippen LogP contribution is -2.50. The predicted molar refractivity (Wildman–Crippen MR) is 75.4 cm³/mol. The Morgan fingerprint density at radius 2 is 1.91 bits per heavy atom. The van der Waals surface area contributed by atoms with Crippen LogP contribution in [0.5, 0.6) is 0 Å². The van der Waals surface area contributed by atoms with Gasteiger partial charge in [-0.05, 0) is 37.5 Å². The van der Waals surface area contributed by atoms with E-state index in [1.807, 2.05) is 0 Å². The van der Waals surface area contributed by atoms with E-state index < -0.39 is 27.3 Å². The van der Waals surface area contributed by atoms with Crippen LogP contribution in [-0.4, -0.2) is 23.6 Å². The number of amides is 2. The zero-order chi connectivity index (χ0) is 16.7. The number of likely N-dealkylation sites (tertiary alicyclic amines) is 1. The molecule has 2 amide bonds. The minimum absolute atomic E-state index is 0.231. The van der Waals surface area contributed by atoms with Gasteiger partial charge in [-0.3, -0.25) is 0 Å². The summed E-state index contributed by atoms with van der Waals surface area (Å²) in [6.07, 6.45) is 1.63. The van der Waals surface area contributed by atoms with Gasteiger partial charge in [-0.2, -0.15) is 0 Å². The molecule has 4 nitrogen and oxygen atoms in total. The fourth-order valence-electron chi connectivity index (χ4n) is 2.22. The van der Waals surface area contributed by atoms with Crippen LogP contribution < -0.4 is 11.1 Å². The molecule has 2 rings (SSSR count). The number of nitrogens with two attached hydrogens (primary N) is 1. The van der Waals surface area contributed by atoms with Crippen molar-refractivity contribution in [2.75, 3.05) is 11.9 Å². The Morgan fingerprint density at radius 1 is 1.23 bits per heavy atom. The number of nitrogens with zero attached hydrogens (tertiary/aromatic N) is 1. The first-order valence-corrected chi connectivity index (χ1v) is 8.49. The minimum atomic E-state index is -9.77. The zero-order valence-corrected chi connectivity index (χ0v) is 12.3. The van der Waals surface area contributed by atoms with Crippen molar-refractivity contribution >= 4 is 21.9 Å². The summed E-state index contributed by atoms with van der Waals surface area (Å²) in [4.78, 5) is 11.2. The number of hydrogen-bond acceptors (Lipinski definition) is 2. The molecular weight excluding hydrogens is 329 g/mol. The van der Waals surface area contributed by atoms with Crippen molar-refractivity contribution in [3.05, 3.63) is 24.3 Å². The van der Waals surface area contributed by atoms with Crippen LogP contribution in [0.15, 0.2) is 29.2 Å². The van der Waals surface area contributed by atoms with Gasteiger partial charge in [0.25, 0.3) is 0 Å². The largest absolute Gasteiger partial charge is 0.323 e. The molecule has 1 unspecified atom stereocenters. The second-order valence-corrected chi connectivity index (χ2v) is 7.59. The maximum atomic E-state index is 12.7. The molecule has 1 aromatic carbocycles. The lowest BCUT2D eigenvalue weighted by Gasteiger charge is -2.40. The number of urea groups is 1. The van der Waals surface area contributed by atoms with Crippen molar-refractivity contribution in [3.8, 4) is 0 Å². The Hall–Kier alpha value is -1.55. The number of nitrogens with one attached hydrogen (secondary N) is 1. The summed E-state index contributed by atoms with van der Waals surface area (Å²) in [5.74, 6) is 0. The summed E-state index contributed by atoms with van der Waals surface area (Å²) < 4.78 is 63.7. The molecule has 0 saturated carbocycles. The highest BCUT2D eigenvalue weighted by Crippen LogP contribution is 3.02. The Balaban J connectivity index is 2.20. The van der Waals surface area contributed by atoms with E-state index in [0.717, 1.165) is 25.0 Å². The third-order valence-corrected chi connectivity index (χ3v) is 4.49. The standard InChI is InChI=1S/C12H16F5N3OS/c13-22(14,15,16,17)10-5-3-4-9(8-10)19-12(21)20-7-2-1-6-11(20)18/h3-5,8,11H,1-2,6-7,18H2,(H,19,21). The highest BCUT2D eigenvalue weighted by molar-refractivity contribution is 8.45. The minimum Gasteiger partial charge on any atom is -0.311 e. The Bertz CT molecular complexity index is 592. The number of carbonyl (C=O) groups excluding carboxylic acids is 1. The van der Waals surface area contributed by atoms with Gasteiger partial charge in [0, 0.05) is 12.2 Å². The fraction of sp³-hybridized carbons (Fsp3) is 0.417. The van der Waals surface area contributed by atoms with E-state index in [0.29, 0.717) is 13.0 Å². The normalized spacial score (nSPS) is 22.6. The lowest BCUT2D eigenvalue weighted by molar-refractivity contribution is 0.165. The molecule has 0 spiro atoms. The molecule has 3 N–H and O–H groups in total. The molecule has 0 radical (unpaired) electrons. The second-order valence-electron chi connectivity index (χ2n) is 5.18. The first-order chi connectivity index (χ1) is 9.86. The molecule has 10 heteroatoms. The Morgan fingerprint density at radius 3 is 2.50 bits per heavy atom. The van der Waals surface area contributed by atoms with Crippen LogP contribution in [0.4, 0.5) is 29.9 Å². The third-order valence-electron chi connectivity index (χ3n) is 3.34. The lowest BCUT2D eigenvalue weighted by atomic mass is 10.1. The number of carbonyl (C=O) groups is 1. The number of benzene rings is 1. The number of halogens is 5. The molecule has 1 aliphatic heterocycles. The summed E-state index contributed by atoms with van der Waals surface area (Å²) in [6, 6.07) is 1.74. The summed E-state index contributed by atoms with van der Waals surface area (Å²) in [5.41, 5.74) is 5.39. The molecule has 1 atom stereocenters. The fourth-order valence-corrected chi connectivity index (χ4v) is 2.90. The van der Waals surface area contributed by atoms with E-state index in [1.54, 1.807) is 0 Å². The Kier molecular flexibility index (Phi) is 3.61. The van der Waals surface area contributed by atoms with Crippen molar-refractivity contribution in [2.24, 2.45) is 5.73 Å². The van der Waals surface area contributed by atoms with E-state index >= 15 is 0 Å². The molecule has 0 aliphatic carbocycles. The number of rotatable bonds is 2. The van der Waals surface area contributed by atoms with Gasteiger partial charge in [0.15, 0.2) is 0 Å². The molecule has 0 aromatic heterocycles. The van der Waals surface area contributed by atoms with Crippen LogP contribution in [0.3, 0.4) is 0 Å². The maximum absolute atomic E-state index is 12.7. The van der Waals surface area contributed by atoms with E-state index in [9.17, 15) is 24.2 Å². The zero-order valence-electron chi connectivity index (χ0n) is 11.4. The van der Waals surface area contributed by atoms with Crippen LogP contribution in [0.25, 0.3) is 0 Å². The van der Waals surface area contributed by atoms with Gasteiger partial charge in [0.05, 0.1) is 6.17 Å². The third kappa shape index (κ3) is 4.01. The van der Waals surface area contributed by atoms with Crippen molar-refractivity contribution in [1.82, 2.24) is 4.90 Å². The molecule has 1 fully saturated rings. The highest BCUT2D eigenvalue weighted by atomic mass is 32.5. The van der Waals surface area contributed by atoms with E-state index in [1.165, 1.54) is 4.90 Å². The first kappa shape index (κ1) is 16.8. The first-order valence-electron chi connectivity index (χ1n) is 6.54. The Labute approximate surface area is 124 Å². The summed E-state index contributed by atoms with van der Waals surface area (Å²) in [7, 11) is -9.77. The summed E-state index contributed by atoms with van der Waals surface area (Å²) in [6.45, 7) is 0.369. The average Bonchev–Trinajstić information content (AvgIpc) is 2.37. The molecule has 126 valence electrons. The molecule has 0 bridgehead atoms. The van der Waals surface area contributed by atoms with Crippen molar-refractivity contribution in [2.45, 2.75) is 30.3 Å². The molecule has 1 saturated heterocycles. The van der Waals surface area contributed by atoms with E-state index in [2.05, 4.69) is 5.32 Å². The summed E-state index contributed by atoms with van der Waals surface area (Å²) in [5, 5.41) is 2.18. The van der Waals surface area contributed by atoms with Gasteiger partial charge < -0.3 is 16.0 Å². The van der Waals surface area contributed by atoms with Gasteiger partial charge in [0.1, 0.15) is 4.90 Å². The smallest absolute Gasteiger partial charge is 0.311 e. The van der Waals surface area contributed by atoms with Gasteiger partial charge in [-0.1, -0.05) is 25.5 Å². The second kappa shape index (κ2) is 4.72. The topological polar surface area (TPSA) is 58.4 Å². The van der Waals surface area contributed by atoms with Crippen molar-refractivity contribution in [3.63, 3.8) is 0 Å². The van der Waals surface area contributed by atoms with Crippen LogP contribution in [0.2, 0.25) is 0 Å². The molecular formula is C12H16F5N3OS. The number of hydrogen-bond donors (Lipinski definition) is 2. The molecule has 1 heterocycles. The molecule has 1 aliphatic rings. The van der Waals surface area contributed by atoms with Gasteiger partial charge in [-0.15, -0.1) is 0 Å². The van der Waals surface area contributed by atoms with Crippen LogP contribution >= 0.6 is 10.2 Å². The van der Waals surface area contributed by atoms with Crippen LogP contribution in [0, 0.1) is 0 Å². The van der Waals surface area contributed by atoms with Gasteiger partial charge in [0.2, 0.25) is 0 Å².